The first-order valence-electron chi connectivity index (χ1n) is 6.05. The van der Waals surface area contributed by atoms with Crippen LogP contribution >= 0.6 is 15.9 Å². The van der Waals surface area contributed by atoms with Gasteiger partial charge < -0.3 is 9.84 Å². The normalized spacial score (nSPS) is 13.0. The minimum atomic E-state index is 0.299. The third-order valence-electron chi connectivity index (χ3n) is 2.55. The van der Waals surface area contributed by atoms with Gasteiger partial charge in [-0.25, -0.2) is 0 Å². The average Bonchev–Trinajstić information content (AvgIpc) is 2.22. The molecule has 2 nitrogen and oxygen atoms in total. The fourth-order valence-corrected chi connectivity index (χ4v) is 1.80. The van der Waals surface area contributed by atoms with E-state index in [1.54, 1.807) is 0 Å². The topological polar surface area (TPSA) is 29.5 Å². The van der Waals surface area contributed by atoms with E-state index in [9.17, 15) is 0 Å². The van der Waals surface area contributed by atoms with Crippen molar-refractivity contribution < 1.29 is 9.84 Å². The van der Waals surface area contributed by atoms with E-state index in [1.807, 2.05) is 0 Å². The summed E-state index contributed by atoms with van der Waals surface area (Å²) >= 11 is 3.42. The lowest BCUT2D eigenvalue weighted by Gasteiger charge is -2.09. The largest absolute Gasteiger partial charge is 0.396 e. The monoisotopic (exact) mass is 280 g/mol. The molecule has 0 radical (unpaired) electrons. The molecule has 0 aromatic heterocycles. The van der Waals surface area contributed by atoms with Crippen molar-refractivity contribution in [2.75, 3.05) is 25.2 Å². The molecule has 0 aliphatic heterocycles. The predicted octanol–water partition coefficient (Wildman–Crippen LogP) is 3.37. The van der Waals surface area contributed by atoms with E-state index in [2.05, 4.69) is 22.9 Å². The van der Waals surface area contributed by atoms with Gasteiger partial charge in [-0.2, -0.15) is 0 Å². The van der Waals surface area contributed by atoms with E-state index in [0.717, 1.165) is 31.4 Å². The van der Waals surface area contributed by atoms with Gasteiger partial charge in [0, 0.05) is 25.2 Å². The van der Waals surface area contributed by atoms with Gasteiger partial charge in [0.2, 0.25) is 0 Å². The molecule has 0 aromatic carbocycles. The molecule has 1 atom stereocenters. The molecule has 0 aliphatic rings. The van der Waals surface area contributed by atoms with Crippen LogP contribution in [0, 0.1) is 5.92 Å². The van der Waals surface area contributed by atoms with Crippen molar-refractivity contribution >= 4 is 15.9 Å². The Hall–Kier alpha value is 0.400. The lowest BCUT2D eigenvalue weighted by atomic mass is 10.1. The zero-order valence-corrected chi connectivity index (χ0v) is 11.5. The molecular weight excluding hydrogens is 256 g/mol. The van der Waals surface area contributed by atoms with Gasteiger partial charge in [0.05, 0.1) is 0 Å². The molecule has 92 valence electrons. The van der Waals surface area contributed by atoms with E-state index < -0.39 is 0 Å². The van der Waals surface area contributed by atoms with Gasteiger partial charge in [-0.05, 0) is 31.6 Å². The number of alkyl halides is 1. The van der Waals surface area contributed by atoms with Crippen LogP contribution < -0.4 is 0 Å². The second-order valence-corrected chi connectivity index (χ2v) is 4.91. The van der Waals surface area contributed by atoms with E-state index in [0.29, 0.717) is 12.5 Å². The van der Waals surface area contributed by atoms with E-state index in [1.165, 1.54) is 25.7 Å². The molecule has 0 spiro atoms. The molecule has 3 heteroatoms. The summed E-state index contributed by atoms with van der Waals surface area (Å²) in [5.41, 5.74) is 0. The van der Waals surface area contributed by atoms with Crippen molar-refractivity contribution in [1.82, 2.24) is 0 Å². The minimum Gasteiger partial charge on any atom is -0.396 e. The Morgan fingerprint density at radius 1 is 1.07 bits per heavy atom. The van der Waals surface area contributed by atoms with Crippen LogP contribution in [0.25, 0.3) is 0 Å². The van der Waals surface area contributed by atoms with Crippen LogP contribution in [0.5, 0.6) is 0 Å². The van der Waals surface area contributed by atoms with Crippen molar-refractivity contribution in [3.05, 3.63) is 0 Å². The maximum absolute atomic E-state index is 8.72. The van der Waals surface area contributed by atoms with E-state index >= 15 is 0 Å². The summed E-state index contributed by atoms with van der Waals surface area (Å²) in [5, 5.41) is 9.83. The van der Waals surface area contributed by atoms with Gasteiger partial charge in [-0.15, -0.1) is 0 Å². The Bertz CT molecular complexity index is 120. The van der Waals surface area contributed by atoms with Crippen molar-refractivity contribution in [2.45, 2.75) is 45.4 Å². The van der Waals surface area contributed by atoms with Crippen molar-refractivity contribution in [3.8, 4) is 0 Å². The van der Waals surface area contributed by atoms with Crippen LogP contribution in [0.2, 0.25) is 0 Å². The minimum absolute atomic E-state index is 0.299. The van der Waals surface area contributed by atoms with Gasteiger partial charge in [-0.1, -0.05) is 35.7 Å². The fourth-order valence-electron chi connectivity index (χ4n) is 1.40. The first-order valence-corrected chi connectivity index (χ1v) is 7.18. The lowest BCUT2D eigenvalue weighted by Crippen LogP contribution is -2.04. The molecule has 0 saturated carbocycles. The summed E-state index contributed by atoms with van der Waals surface area (Å²) in [6, 6.07) is 0. The third-order valence-corrected chi connectivity index (χ3v) is 3.11. The summed E-state index contributed by atoms with van der Waals surface area (Å²) in [4.78, 5) is 0. The Labute approximate surface area is 103 Å². The van der Waals surface area contributed by atoms with Crippen molar-refractivity contribution in [3.63, 3.8) is 0 Å². The Morgan fingerprint density at radius 3 is 2.47 bits per heavy atom. The Balaban J connectivity index is 2.98. The van der Waals surface area contributed by atoms with Gasteiger partial charge in [0.15, 0.2) is 0 Å². The van der Waals surface area contributed by atoms with Gasteiger partial charge in [-0.3, -0.25) is 0 Å². The van der Waals surface area contributed by atoms with E-state index in [4.69, 9.17) is 9.84 Å². The standard InChI is InChI=1S/C12H25BrO2/c1-12(6-9-14)7-11-15-10-5-3-2-4-8-13/h12,14H,2-11H2,1H3. The Kier molecular flexibility index (Phi) is 12.8. The quantitative estimate of drug-likeness (QED) is 0.465. The molecule has 0 heterocycles. The van der Waals surface area contributed by atoms with E-state index in [-0.39, 0.29) is 0 Å². The zero-order chi connectivity index (χ0) is 11.4. The number of aliphatic hydroxyl groups excluding tert-OH is 1. The predicted molar refractivity (Wildman–Crippen MR) is 68.6 cm³/mol. The van der Waals surface area contributed by atoms with Crippen LogP contribution in [0.15, 0.2) is 0 Å². The molecule has 0 saturated heterocycles. The highest BCUT2D eigenvalue weighted by Gasteiger charge is 2.00. The number of rotatable bonds is 11. The molecule has 1 N–H and O–H groups in total. The summed E-state index contributed by atoms with van der Waals surface area (Å²) in [6.45, 7) is 4.21. The number of unbranched alkanes of at least 4 members (excludes halogenated alkanes) is 3. The molecule has 0 fully saturated rings. The van der Waals surface area contributed by atoms with Gasteiger partial charge >= 0.3 is 0 Å². The van der Waals surface area contributed by atoms with Crippen LogP contribution in [0.3, 0.4) is 0 Å². The number of halogens is 1. The third kappa shape index (κ3) is 12.3. The SMILES string of the molecule is CC(CCO)CCOCCCCCCBr. The number of hydrogen-bond donors (Lipinski definition) is 1. The highest BCUT2D eigenvalue weighted by molar-refractivity contribution is 9.09. The number of ether oxygens (including phenoxy) is 1. The molecule has 0 amide bonds. The maximum atomic E-state index is 8.72. The summed E-state index contributed by atoms with van der Waals surface area (Å²) in [5.74, 6) is 0.586. The highest BCUT2D eigenvalue weighted by Crippen LogP contribution is 2.07. The molecular formula is C12H25BrO2. The number of hydrogen-bond acceptors (Lipinski definition) is 2. The summed E-state index contributed by atoms with van der Waals surface area (Å²) < 4.78 is 5.54. The second-order valence-electron chi connectivity index (χ2n) is 4.12. The second kappa shape index (κ2) is 12.5. The highest BCUT2D eigenvalue weighted by atomic mass is 79.9. The first-order chi connectivity index (χ1) is 7.31. The molecule has 0 rings (SSSR count). The Morgan fingerprint density at radius 2 is 1.80 bits per heavy atom. The lowest BCUT2D eigenvalue weighted by molar-refractivity contribution is 0.114. The smallest absolute Gasteiger partial charge is 0.0468 e. The first kappa shape index (κ1) is 15.4. The van der Waals surface area contributed by atoms with Crippen LogP contribution in [-0.4, -0.2) is 30.3 Å². The molecule has 15 heavy (non-hydrogen) atoms. The zero-order valence-electron chi connectivity index (χ0n) is 9.88. The fraction of sp³-hybridized carbons (Fsp3) is 1.00. The van der Waals surface area contributed by atoms with Crippen molar-refractivity contribution in [1.29, 1.82) is 0 Å². The van der Waals surface area contributed by atoms with Crippen LogP contribution in [-0.2, 0) is 4.74 Å². The average molecular weight is 281 g/mol. The van der Waals surface area contributed by atoms with Crippen LogP contribution in [0.4, 0.5) is 0 Å². The summed E-state index contributed by atoms with van der Waals surface area (Å²) in [7, 11) is 0. The molecule has 0 bridgehead atoms. The van der Waals surface area contributed by atoms with Gasteiger partial charge in [0.25, 0.3) is 0 Å². The molecule has 0 aromatic rings. The van der Waals surface area contributed by atoms with Crippen LogP contribution in [0.1, 0.15) is 45.4 Å². The van der Waals surface area contributed by atoms with Crippen molar-refractivity contribution in [2.24, 2.45) is 5.92 Å². The summed E-state index contributed by atoms with van der Waals surface area (Å²) in [6.07, 6.45) is 7.00. The number of aliphatic hydroxyl groups is 1. The molecule has 0 aliphatic carbocycles. The maximum Gasteiger partial charge on any atom is 0.0468 e. The van der Waals surface area contributed by atoms with Gasteiger partial charge in [0.1, 0.15) is 0 Å². The molecule has 1 unspecified atom stereocenters.